The van der Waals surface area contributed by atoms with Gasteiger partial charge in [-0.15, -0.1) is 0 Å². The molecule has 20 heavy (non-hydrogen) atoms. The number of benzene rings is 1. The van der Waals surface area contributed by atoms with Gasteiger partial charge in [-0.05, 0) is 56.9 Å². The van der Waals surface area contributed by atoms with Gasteiger partial charge in [0, 0.05) is 11.8 Å². The number of aromatic nitrogens is 2. The molecular formula is C16H18N4. The van der Waals surface area contributed by atoms with Crippen molar-refractivity contribution in [1.82, 2.24) is 9.97 Å². The van der Waals surface area contributed by atoms with Crippen molar-refractivity contribution in [3.8, 4) is 6.07 Å². The number of nitrogens with zero attached hydrogens (tertiary/aromatic N) is 3. The Labute approximate surface area is 119 Å². The average molecular weight is 266 g/mol. The van der Waals surface area contributed by atoms with Crippen molar-refractivity contribution in [2.45, 2.75) is 34.6 Å². The molecule has 1 heterocycles. The van der Waals surface area contributed by atoms with Crippen LogP contribution in [0.5, 0.6) is 0 Å². The molecule has 1 aromatic heterocycles. The zero-order valence-electron chi connectivity index (χ0n) is 12.5. The van der Waals surface area contributed by atoms with E-state index in [0.717, 1.165) is 5.69 Å². The molecular weight excluding hydrogens is 248 g/mol. The van der Waals surface area contributed by atoms with E-state index in [1.165, 1.54) is 22.3 Å². The Morgan fingerprint density at radius 2 is 1.55 bits per heavy atom. The van der Waals surface area contributed by atoms with Crippen molar-refractivity contribution in [1.29, 1.82) is 5.26 Å². The molecule has 1 N–H and O–H groups in total. The van der Waals surface area contributed by atoms with Crippen LogP contribution in [0.3, 0.4) is 0 Å². The zero-order valence-corrected chi connectivity index (χ0v) is 12.5. The summed E-state index contributed by atoms with van der Waals surface area (Å²) in [6, 6.07) is 5.91. The van der Waals surface area contributed by atoms with Gasteiger partial charge < -0.3 is 5.32 Å². The highest BCUT2D eigenvalue weighted by atomic mass is 15.0. The van der Waals surface area contributed by atoms with Gasteiger partial charge >= 0.3 is 0 Å². The number of rotatable bonds is 2. The maximum atomic E-state index is 8.98. The van der Waals surface area contributed by atoms with E-state index in [0.29, 0.717) is 17.3 Å². The van der Waals surface area contributed by atoms with E-state index in [9.17, 15) is 0 Å². The average Bonchev–Trinajstić information content (AvgIpc) is 2.40. The highest BCUT2D eigenvalue weighted by Gasteiger charge is 2.10. The van der Waals surface area contributed by atoms with Gasteiger partial charge in [-0.3, -0.25) is 0 Å². The van der Waals surface area contributed by atoms with Crippen LogP contribution in [0.25, 0.3) is 0 Å². The van der Waals surface area contributed by atoms with Crippen LogP contribution in [0.15, 0.2) is 12.1 Å². The monoisotopic (exact) mass is 266 g/mol. The quantitative estimate of drug-likeness (QED) is 0.901. The SMILES string of the molecule is Cc1nc(C#N)cc(Nc2c(C)c(C)cc(C)c2C)n1. The van der Waals surface area contributed by atoms with E-state index in [2.05, 4.69) is 55.1 Å². The van der Waals surface area contributed by atoms with Gasteiger partial charge in [0.05, 0.1) is 0 Å². The third kappa shape index (κ3) is 2.62. The van der Waals surface area contributed by atoms with E-state index in [1.807, 2.05) is 0 Å². The highest BCUT2D eigenvalue weighted by molar-refractivity contribution is 5.68. The van der Waals surface area contributed by atoms with Gasteiger partial charge in [0.25, 0.3) is 0 Å². The maximum absolute atomic E-state index is 8.98. The number of hydrogen-bond acceptors (Lipinski definition) is 4. The second-order valence-electron chi connectivity index (χ2n) is 5.06. The van der Waals surface area contributed by atoms with Crippen molar-refractivity contribution in [3.63, 3.8) is 0 Å². The summed E-state index contributed by atoms with van der Waals surface area (Å²) < 4.78 is 0. The molecule has 4 nitrogen and oxygen atoms in total. The Balaban J connectivity index is 2.51. The Morgan fingerprint density at radius 1 is 0.950 bits per heavy atom. The molecule has 2 rings (SSSR count). The van der Waals surface area contributed by atoms with Gasteiger partial charge in [0.15, 0.2) is 0 Å². The molecule has 1 aromatic carbocycles. The van der Waals surface area contributed by atoms with Gasteiger partial charge in [0.2, 0.25) is 0 Å². The molecule has 0 radical (unpaired) electrons. The summed E-state index contributed by atoms with van der Waals surface area (Å²) >= 11 is 0. The fraction of sp³-hybridized carbons (Fsp3) is 0.312. The van der Waals surface area contributed by atoms with E-state index in [1.54, 1.807) is 13.0 Å². The Hall–Kier alpha value is -2.41. The Kier molecular flexibility index (Phi) is 3.71. The number of nitrogens with one attached hydrogen (secondary N) is 1. The molecule has 0 unspecified atom stereocenters. The molecule has 2 aromatic rings. The van der Waals surface area contributed by atoms with Crippen molar-refractivity contribution in [3.05, 3.63) is 45.9 Å². The van der Waals surface area contributed by atoms with Gasteiger partial charge in [-0.25, -0.2) is 9.97 Å². The van der Waals surface area contributed by atoms with E-state index < -0.39 is 0 Å². The molecule has 0 bridgehead atoms. The lowest BCUT2D eigenvalue weighted by Gasteiger charge is -2.16. The van der Waals surface area contributed by atoms with Crippen molar-refractivity contribution < 1.29 is 0 Å². The summed E-state index contributed by atoms with van der Waals surface area (Å²) in [5.74, 6) is 1.25. The minimum Gasteiger partial charge on any atom is -0.340 e. The van der Waals surface area contributed by atoms with E-state index >= 15 is 0 Å². The lowest BCUT2D eigenvalue weighted by Crippen LogP contribution is -2.04. The van der Waals surface area contributed by atoms with E-state index in [4.69, 9.17) is 5.26 Å². The Morgan fingerprint density at radius 3 is 2.10 bits per heavy atom. The molecule has 0 aliphatic carbocycles. The van der Waals surface area contributed by atoms with Crippen molar-refractivity contribution in [2.24, 2.45) is 0 Å². The van der Waals surface area contributed by atoms with Crippen LogP contribution < -0.4 is 5.32 Å². The van der Waals surface area contributed by atoms with Crippen LogP contribution in [0.1, 0.15) is 33.8 Å². The largest absolute Gasteiger partial charge is 0.340 e. The van der Waals surface area contributed by atoms with Gasteiger partial charge in [-0.1, -0.05) is 6.07 Å². The summed E-state index contributed by atoms with van der Waals surface area (Å²) in [5, 5.41) is 12.3. The fourth-order valence-electron chi connectivity index (χ4n) is 2.22. The van der Waals surface area contributed by atoms with E-state index in [-0.39, 0.29) is 0 Å². The van der Waals surface area contributed by atoms with Crippen LogP contribution in [-0.4, -0.2) is 9.97 Å². The number of nitriles is 1. The topological polar surface area (TPSA) is 61.6 Å². The molecule has 0 saturated heterocycles. The lowest BCUT2D eigenvalue weighted by atomic mass is 9.99. The van der Waals surface area contributed by atoms with Gasteiger partial charge in [0.1, 0.15) is 23.4 Å². The second-order valence-corrected chi connectivity index (χ2v) is 5.06. The predicted molar refractivity (Wildman–Crippen MR) is 80.2 cm³/mol. The second kappa shape index (κ2) is 5.30. The standard InChI is InChI=1S/C16H18N4/c1-9-6-10(2)12(4)16(11(9)3)20-15-7-14(8-17)18-13(5)19-15/h6-7H,1-5H3,(H,18,19,20). The summed E-state index contributed by atoms with van der Waals surface area (Å²) in [6.07, 6.45) is 0. The molecule has 4 heteroatoms. The minimum atomic E-state index is 0.375. The number of anilines is 2. The first kappa shape index (κ1) is 14.0. The zero-order chi connectivity index (χ0) is 14.9. The summed E-state index contributed by atoms with van der Waals surface area (Å²) in [4.78, 5) is 8.41. The first-order valence-electron chi connectivity index (χ1n) is 6.52. The third-order valence-electron chi connectivity index (χ3n) is 3.57. The molecule has 0 aliphatic heterocycles. The highest BCUT2D eigenvalue weighted by Crippen LogP contribution is 2.29. The third-order valence-corrected chi connectivity index (χ3v) is 3.57. The molecule has 0 aliphatic rings. The van der Waals surface area contributed by atoms with Crippen molar-refractivity contribution in [2.75, 3.05) is 5.32 Å². The summed E-state index contributed by atoms with van der Waals surface area (Å²) in [6.45, 7) is 10.2. The number of hydrogen-bond donors (Lipinski definition) is 1. The number of aryl methyl sites for hydroxylation is 3. The summed E-state index contributed by atoms with van der Waals surface area (Å²) in [5.41, 5.74) is 6.30. The van der Waals surface area contributed by atoms with Gasteiger partial charge in [-0.2, -0.15) is 5.26 Å². The normalized spacial score (nSPS) is 10.2. The van der Waals surface area contributed by atoms with Crippen LogP contribution >= 0.6 is 0 Å². The van der Waals surface area contributed by atoms with Crippen LogP contribution in [0.2, 0.25) is 0 Å². The molecule has 102 valence electrons. The molecule has 0 saturated carbocycles. The maximum Gasteiger partial charge on any atom is 0.146 e. The smallest absolute Gasteiger partial charge is 0.146 e. The molecule has 0 atom stereocenters. The lowest BCUT2D eigenvalue weighted by molar-refractivity contribution is 1.04. The van der Waals surface area contributed by atoms with Crippen LogP contribution in [0.4, 0.5) is 11.5 Å². The molecule has 0 fully saturated rings. The van der Waals surface area contributed by atoms with Crippen molar-refractivity contribution >= 4 is 11.5 Å². The minimum absolute atomic E-state index is 0.375. The summed E-state index contributed by atoms with van der Waals surface area (Å²) in [7, 11) is 0. The van der Waals surface area contributed by atoms with Crippen LogP contribution in [0, 0.1) is 45.9 Å². The first-order chi connectivity index (χ1) is 9.42. The molecule has 0 spiro atoms. The van der Waals surface area contributed by atoms with Crippen LogP contribution in [-0.2, 0) is 0 Å². The fourth-order valence-corrected chi connectivity index (χ4v) is 2.22. The Bertz CT molecular complexity index is 685. The molecule has 0 amide bonds. The predicted octanol–water partition coefficient (Wildman–Crippen LogP) is 3.63. The first-order valence-corrected chi connectivity index (χ1v) is 6.52.